The number of hydrogen-bond donors (Lipinski definition) is 1. The number of carbonyl (C=O) groups excluding carboxylic acids is 2. The van der Waals surface area contributed by atoms with E-state index in [4.69, 9.17) is 11.6 Å². The molecule has 27 heavy (non-hydrogen) atoms. The SMILES string of the molecule is CN(C)C(=O)c1ccc(C(=O)N2CCNCC2c2cccc(Cl)c2)cc1.Cl. The smallest absolute Gasteiger partial charge is 0.254 e. The molecule has 0 aromatic heterocycles. The maximum Gasteiger partial charge on any atom is 0.254 e. The first-order chi connectivity index (χ1) is 12.5. The van der Waals surface area contributed by atoms with E-state index in [-0.39, 0.29) is 30.3 Å². The van der Waals surface area contributed by atoms with Crippen molar-refractivity contribution < 1.29 is 9.59 Å². The first kappa shape index (κ1) is 21.2. The summed E-state index contributed by atoms with van der Waals surface area (Å²) >= 11 is 6.12. The number of piperazine rings is 1. The molecule has 2 amide bonds. The summed E-state index contributed by atoms with van der Waals surface area (Å²) in [5, 5.41) is 4.00. The molecule has 1 aliphatic rings. The van der Waals surface area contributed by atoms with Crippen LogP contribution in [-0.2, 0) is 0 Å². The lowest BCUT2D eigenvalue weighted by atomic mass is 10.0. The minimum Gasteiger partial charge on any atom is -0.345 e. The van der Waals surface area contributed by atoms with Gasteiger partial charge in [-0.1, -0.05) is 23.7 Å². The number of carbonyl (C=O) groups is 2. The lowest BCUT2D eigenvalue weighted by Crippen LogP contribution is -2.48. The van der Waals surface area contributed by atoms with Gasteiger partial charge in [0.1, 0.15) is 0 Å². The van der Waals surface area contributed by atoms with Gasteiger partial charge in [-0.25, -0.2) is 0 Å². The fourth-order valence-corrected chi connectivity index (χ4v) is 3.34. The molecule has 0 spiro atoms. The van der Waals surface area contributed by atoms with Crippen molar-refractivity contribution in [1.29, 1.82) is 0 Å². The second kappa shape index (κ2) is 9.22. The molecule has 0 saturated carbocycles. The highest BCUT2D eigenvalue weighted by molar-refractivity contribution is 6.30. The van der Waals surface area contributed by atoms with Crippen molar-refractivity contribution >= 4 is 35.8 Å². The zero-order valence-electron chi connectivity index (χ0n) is 15.3. The number of nitrogens with zero attached hydrogens (tertiary/aromatic N) is 2. The van der Waals surface area contributed by atoms with Gasteiger partial charge in [-0.05, 0) is 42.0 Å². The van der Waals surface area contributed by atoms with E-state index in [0.29, 0.717) is 29.2 Å². The summed E-state index contributed by atoms with van der Waals surface area (Å²) < 4.78 is 0. The second-order valence-corrected chi connectivity index (χ2v) is 6.99. The fraction of sp³-hybridized carbons (Fsp3) is 0.300. The largest absolute Gasteiger partial charge is 0.345 e. The summed E-state index contributed by atoms with van der Waals surface area (Å²) in [6.07, 6.45) is 0. The molecule has 1 atom stereocenters. The van der Waals surface area contributed by atoms with Gasteiger partial charge in [0, 0.05) is 49.9 Å². The molecule has 1 fully saturated rings. The van der Waals surface area contributed by atoms with Crippen molar-refractivity contribution in [3.05, 3.63) is 70.2 Å². The molecule has 1 N–H and O–H groups in total. The molecule has 3 rings (SSSR count). The van der Waals surface area contributed by atoms with E-state index in [2.05, 4.69) is 5.32 Å². The van der Waals surface area contributed by atoms with Crippen molar-refractivity contribution in [2.75, 3.05) is 33.7 Å². The van der Waals surface area contributed by atoms with Crippen LogP contribution in [0.1, 0.15) is 32.3 Å². The molecule has 1 unspecified atom stereocenters. The van der Waals surface area contributed by atoms with Gasteiger partial charge in [-0.3, -0.25) is 9.59 Å². The van der Waals surface area contributed by atoms with Crippen LogP contribution in [0.25, 0.3) is 0 Å². The highest BCUT2D eigenvalue weighted by atomic mass is 35.5. The monoisotopic (exact) mass is 407 g/mol. The summed E-state index contributed by atoms with van der Waals surface area (Å²) in [6, 6.07) is 14.4. The maximum atomic E-state index is 13.1. The standard InChI is InChI=1S/C20H22ClN3O2.ClH/c1-23(2)19(25)14-6-8-15(9-7-14)20(26)24-11-10-22-13-18(24)16-4-3-5-17(21)12-16;/h3-9,12,18,22H,10-11,13H2,1-2H3;1H. The summed E-state index contributed by atoms with van der Waals surface area (Å²) in [7, 11) is 3.41. The van der Waals surface area contributed by atoms with Gasteiger partial charge >= 0.3 is 0 Å². The molecular weight excluding hydrogens is 385 g/mol. The molecule has 7 heteroatoms. The quantitative estimate of drug-likeness (QED) is 0.849. The molecule has 0 bridgehead atoms. The first-order valence-corrected chi connectivity index (χ1v) is 8.94. The molecule has 5 nitrogen and oxygen atoms in total. The Labute approximate surface area is 170 Å². The van der Waals surface area contributed by atoms with Crippen LogP contribution in [0.4, 0.5) is 0 Å². The minimum atomic E-state index is -0.0806. The Hall–Kier alpha value is -2.08. The van der Waals surface area contributed by atoms with E-state index < -0.39 is 0 Å². The molecule has 0 aliphatic carbocycles. The van der Waals surface area contributed by atoms with E-state index in [1.165, 1.54) is 4.90 Å². The summed E-state index contributed by atoms with van der Waals surface area (Å²) in [5.74, 6) is -0.122. The van der Waals surface area contributed by atoms with Crippen molar-refractivity contribution in [1.82, 2.24) is 15.1 Å². The molecule has 1 heterocycles. The van der Waals surface area contributed by atoms with Crippen LogP contribution in [0, 0.1) is 0 Å². The number of nitrogens with one attached hydrogen (secondary N) is 1. The molecule has 1 saturated heterocycles. The van der Waals surface area contributed by atoms with Crippen LogP contribution in [0.3, 0.4) is 0 Å². The molecule has 0 radical (unpaired) electrons. The van der Waals surface area contributed by atoms with E-state index in [1.807, 2.05) is 29.2 Å². The Kier molecular flexibility index (Phi) is 7.25. The average Bonchev–Trinajstić information content (AvgIpc) is 2.67. The third-order valence-electron chi connectivity index (χ3n) is 4.52. The fourth-order valence-electron chi connectivity index (χ4n) is 3.14. The van der Waals surface area contributed by atoms with Crippen molar-refractivity contribution in [2.24, 2.45) is 0 Å². The summed E-state index contributed by atoms with van der Waals surface area (Å²) in [4.78, 5) is 28.4. The van der Waals surface area contributed by atoms with E-state index >= 15 is 0 Å². The Bertz CT molecular complexity index is 809. The van der Waals surface area contributed by atoms with Crippen LogP contribution in [0.5, 0.6) is 0 Å². The Morgan fingerprint density at radius 2 is 1.78 bits per heavy atom. The minimum absolute atomic E-state index is 0. The highest BCUT2D eigenvalue weighted by Crippen LogP contribution is 2.26. The summed E-state index contributed by atoms with van der Waals surface area (Å²) in [5.41, 5.74) is 2.16. The predicted molar refractivity (Wildman–Crippen MR) is 110 cm³/mol. The predicted octanol–water partition coefficient (Wildman–Crippen LogP) is 3.25. The van der Waals surface area contributed by atoms with Gasteiger partial charge in [0.15, 0.2) is 0 Å². The van der Waals surface area contributed by atoms with E-state index in [1.54, 1.807) is 38.4 Å². The molecule has 2 aromatic rings. The van der Waals surface area contributed by atoms with Crippen LogP contribution >= 0.6 is 24.0 Å². The highest BCUT2D eigenvalue weighted by Gasteiger charge is 2.28. The zero-order valence-corrected chi connectivity index (χ0v) is 16.9. The second-order valence-electron chi connectivity index (χ2n) is 6.55. The summed E-state index contributed by atoms with van der Waals surface area (Å²) in [6.45, 7) is 2.05. The first-order valence-electron chi connectivity index (χ1n) is 8.56. The van der Waals surface area contributed by atoms with Gasteiger partial charge in [0.25, 0.3) is 11.8 Å². The molecule has 144 valence electrons. The number of halogens is 2. The number of benzene rings is 2. The zero-order chi connectivity index (χ0) is 18.7. The van der Waals surface area contributed by atoms with Gasteiger partial charge in [0.05, 0.1) is 6.04 Å². The van der Waals surface area contributed by atoms with Gasteiger partial charge < -0.3 is 15.1 Å². The van der Waals surface area contributed by atoms with Gasteiger partial charge in [-0.15, -0.1) is 12.4 Å². The van der Waals surface area contributed by atoms with Crippen LogP contribution in [0.2, 0.25) is 5.02 Å². The Balaban J connectivity index is 0.00000261. The molecule has 2 aromatic carbocycles. The van der Waals surface area contributed by atoms with Crippen LogP contribution in [0.15, 0.2) is 48.5 Å². The van der Waals surface area contributed by atoms with Crippen LogP contribution in [-0.4, -0.2) is 55.3 Å². The number of rotatable bonds is 3. The van der Waals surface area contributed by atoms with Crippen LogP contribution < -0.4 is 5.32 Å². The van der Waals surface area contributed by atoms with Gasteiger partial charge in [-0.2, -0.15) is 0 Å². The number of hydrogen-bond acceptors (Lipinski definition) is 3. The third-order valence-corrected chi connectivity index (χ3v) is 4.76. The Morgan fingerprint density at radius 3 is 2.41 bits per heavy atom. The van der Waals surface area contributed by atoms with E-state index in [0.717, 1.165) is 12.1 Å². The number of amides is 2. The third kappa shape index (κ3) is 4.80. The van der Waals surface area contributed by atoms with Gasteiger partial charge in [0.2, 0.25) is 0 Å². The normalized spacial score (nSPS) is 16.4. The molecular formula is C20H23Cl2N3O2. The van der Waals surface area contributed by atoms with E-state index in [9.17, 15) is 9.59 Å². The average molecular weight is 408 g/mol. The van der Waals surface area contributed by atoms with Crippen molar-refractivity contribution in [3.8, 4) is 0 Å². The lowest BCUT2D eigenvalue weighted by molar-refractivity contribution is 0.0633. The lowest BCUT2D eigenvalue weighted by Gasteiger charge is -2.36. The topological polar surface area (TPSA) is 52.7 Å². The molecule has 1 aliphatic heterocycles. The maximum absolute atomic E-state index is 13.1. The Morgan fingerprint density at radius 1 is 1.11 bits per heavy atom. The van der Waals surface area contributed by atoms with Crippen molar-refractivity contribution in [3.63, 3.8) is 0 Å². The van der Waals surface area contributed by atoms with Crippen molar-refractivity contribution in [2.45, 2.75) is 6.04 Å².